The van der Waals surface area contributed by atoms with Gasteiger partial charge in [0.15, 0.2) is 0 Å². The molecule has 0 rings (SSSR count). The van der Waals surface area contributed by atoms with Crippen LogP contribution in [0, 0.1) is 0 Å². The summed E-state index contributed by atoms with van der Waals surface area (Å²) in [5.41, 5.74) is 0. The predicted molar refractivity (Wildman–Crippen MR) is 77.7 cm³/mol. The zero-order valence-electron chi connectivity index (χ0n) is 11.0. The molecule has 0 saturated carbocycles. The molecule has 0 aliphatic heterocycles. The second-order valence-corrected chi connectivity index (χ2v) is 3.66. The van der Waals surface area contributed by atoms with E-state index in [1.807, 2.05) is 31.2 Å². The number of hydrogen-bond acceptors (Lipinski definition) is 0. The van der Waals surface area contributed by atoms with Gasteiger partial charge in [0, 0.05) is 0 Å². The molecule has 0 heterocycles. The monoisotopic (exact) mass is 220 g/mol. The summed E-state index contributed by atoms with van der Waals surface area (Å²) < 4.78 is 0. The van der Waals surface area contributed by atoms with E-state index in [4.69, 9.17) is 0 Å². The van der Waals surface area contributed by atoms with Crippen molar-refractivity contribution in [3.63, 3.8) is 0 Å². The standard InChI is InChI=1S/C10H18.C6H10/c1-3-5-7-9-10-8-6-4-2;1-3-5-6-4-2/h3-4H,1-2,5-10H2;3-4,6H,1,5H2,2H3. The molecule has 0 fully saturated rings. The first-order valence-corrected chi connectivity index (χ1v) is 6.27. The fourth-order valence-corrected chi connectivity index (χ4v) is 1.16. The van der Waals surface area contributed by atoms with Crippen LogP contribution in [0.2, 0.25) is 0 Å². The largest absolute Gasteiger partial charge is 0.103 e. The van der Waals surface area contributed by atoms with Crippen LogP contribution in [-0.4, -0.2) is 0 Å². The van der Waals surface area contributed by atoms with Gasteiger partial charge in [0.1, 0.15) is 0 Å². The highest BCUT2D eigenvalue weighted by Gasteiger charge is 1.85. The molecular weight excluding hydrogens is 192 g/mol. The van der Waals surface area contributed by atoms with E-state index in [1.54, 1.807) is 0 Å². The summed E-state index contributed by atoms with van der Waals surface area (Å²) in [5, 5.41) is 0. The van der Waals surface area contributed by atoms with Crippen molar-refractivity contribution in [2.45, 2.75) is 51.9 Å². The molecule has 0 aliphatic carbocycles. The van der Waals surface area contributed by atoms with Crippen LogP contribution in [0.3, 0.4) is 0 Å². The third-order valence-corrected chi connectivity index (χ3v) is 2.10. The number of allylic oxidation sites excluding steroid dienone is 5. The van der Waals surface area contributed by atoms with Crippen molar-refractivity contribution < 1.29 is 0 Å². The molecule has 0 N–H and O–H groups in total. The number of unbranched alkanes of at least 4 members (excludes halogenated alkanes) is 5. The fourth-order valence-electron chi connectivity index (χ4n) is 1.16. The Morgan fingerprint density at radius 2 is 1.25 bits per heavy atom. The average molecular weight is 220 g/mol. The first-order chi connectivity index (χ1) is 7.83. The van der Waals surface area contributed by atoms with Crippen LogP contribution in [-0.2, 0) is 0 Å². The summed E-state index contributed by atoms with van der Waals surface area (Å²) >= 11 is 0. The van der Waals surface area contributed by atoms with Gasteiger partial charge in [-0.15, -0.1) is 19.7 Å². The molecule has 0 aromatic carbocycles. The number of hydrogen-bond donors (Lipinski definition) is 0. The van der Waals surface area contributed by atoms with E-state index >= 15 is 0 Å². The van der Waals surface area contributed by atoms with Crippen molar-refractivity contribution in [2.75, 3.05) is 0 Å². The summed E-state index contributed by atoms with van der Waals surface area (Å²) in [4.78, 5) is 0. The van der Waals surface area contributed by atoms with Crippen LogP contribution in [0.15, 0.2) is 50.1 Å². The Bertz CT molecular complexity index is 162. The maximum absolute atomic E-state index is 3.68. The molecule has 0 atom stereocenters. The van der Waals surface area contributed by atoms with Gasteiger partial charge in [-0.25, -0.2) is 0 Å². The molecule has 0 unspecified atom stereocenters. The van der Waals surface area contributed by atoms with Gasteiger partial charge in [-0.2, -0.15) is 0 Å². The lowest BCUT2D eigenvalue weighted by molar-refractivity contribution is 0.653. The number of rotatable bonds is 9. The highest BCUT2D eigenvalue weighted by Crippen LogP contribution is 2.05. The Balaban J connectivity index is 0. The topological polar surface area (TPSA) is 0 Å². The quantitative estimate of drug-likeness (QED) is 0.338. The van der Waals surface area contributed by atoms with Crippen molar-refractivity contribution >= 4 is 0 Å². The Morgan fingerprint density at radius 1 is 0.750 bits per heavy atom. The minimum Gasteiger partial charge on any atom is -0.103 e. The molecular formula is C16H28. The third kappa shape index (κ3) is 23.1. The van der Waals surface area contributed by atoms with E-state index < -0.39 is 0 Å². The lowest BCUT2D eigenvalue weighted by atomic mass is 10.1. The van der Waals surface area contributed by atoms with Gasteiger partial charge >= 0.3 is 0 Å². The molecule has 0 aromatic rings. The summed E-state index contributed by atoms with van der Waals surface area (Å²) in [6.45, 7) is 12.9. The van der Waals surface area contributed by atoms with E-state index in [-0.39, 0.29) is 0 Å². The summed E-state index contributed by atoms with van der Waals surface area (Å²) in [5.74, 6) is 0. The van der Waals surface area contributed by atoms with Crippen molar-refractivity contribution in [1.82, 2.24) is 0 Å². The molecule has 0 saturated heterocycles. The predicted octanol–water partition coefficient (Wildman–Crippen LogP) is 5.84. The molecule has 16 heavy (non-hydrogen) atoms. The minimum absolute atomic E-state index is 0.997. The minimum atomic E-state index is 0.997. The molecule has 0 nitrogen and oxygen atoms in total. The van der Waals surface area contributed by atoms with E-state index in [0.717, 1.165) is 6.42 Å². The Kier molecular flexibility index (Phi) is 21.2. The van der Waals surface area contributed by atoms with E-state index in [1.165, 1.54) is 38.5 Å². The van der Waals surface area contributed by atoms with Crippen LogP contribution in [0.5, 0.6) is 0 Å². The summed E-state index contributed by atoms with van der Waals surface area (Å²) in [7, 11) is 0. The van der Waals surface area contributed by atoms with Gasteiger partial charge in [-0.05, 0) is 39.0 Å². The lowest BCUT2D eigenvalue weighted by Crippen LogP contribution is -1.75. The molecule has 0 radical (unpaired) electrons. The Labute approximate surface area is 102 Å². The first kappa shape index (κ1) is 17.4. The SMILES string of the molecule is C=CCC=CC.C=CCCCCCCC=C. The van der Waals surface area contributed by atoms with Gasteiger partial charge in [0.2, 0.25) is 0 Å². The molecule has 0 spiro atoms. The Morgan fingerprint density at radius 3 is 1.50 bits per heavy atom. The van der Waals surface area contributed by atoms with Gasteiger partial charge < -0.3 is 0 Å². The highest BCUT2D eigenvalue weighted by molar-refractivity contribution is 4.85. The second-order valence-electron chi connectivity index (χ2n) is 3.66. The van der Waals surface area contributed by atoms with Crippen molar-refractivity contribution in [2.24, 2.45) is 0 Å². The molecule has 0 amide bonds. The lowest BCUT2D eigenvalue weighted by Gasteiger charge is -1.95. The van der Waals surface area contributed by atoms with Gasteiger partial charge in [-0.3, -0.25) is 0 Å². The van der Waals surface area contributed by atoms with Crippen LogP contribution >= 0.6 is 0 Å². The first-order valence-electron chi connectivity index (χ1n) is 6.27. The molecule has 0 aromatic heterocycles. The van der Waals surface area contributed by atoms with E-state index in [0.29, 0.717) is 0 Å². The van der Waals surface area contributed by atoms with E-state index in [2.05, 4.69) is 25.8 Å². The summed E-state index contributed by atoms with van der Waals surface area (Å²) in [6, 6.07) is 0. The summed E-state index contributed by atoms with van der Waals surface area (Å²) in [6.07, 6.45) is 18.6. The molecule has 0 aliphatic rings. The van der Waals surface area contributed by atoms with Crippen LogP contribution in [0.1, 0.15) is 51.9 Å². The van der Waals surface area contributed by atoms with Crippen LogP contribution in [0.25, 0.3) is 0 Å². The highest BCUT2D eigenvalue weighted by atomic mass is 13.9. The Hall–Kier alpha value is -1.04. The van der Waals surface area contributed by atoms with Crippen LogP contribution in [0.4, 0.5) is 0 Å². The van der Waals surface area contributed by atoms with Crippen LogP contribution < -0.4 is 0 Å². The van der Waals surface area contributed by atoms with Crippen molar-refractivity contribution in [1.29, 1.82) is 0 Å². The van der Waals surface area contributed by atoms with E-state index in [9.17, 15) is 0 Å². The van der Waals surface area contributed by atoms with Gasteiger partial charge in [0.25, 0.3) is 0 Å². The fraction of sp³-hybridized carbons (Fsp3) is 0.500. The third-order valence-electron chi connectivity index (χ3n) is 2.10. The zero-order valence-corrected chi connectivity index (χ0v) is 11.0. The molecule has 0 heteroatoms. The molecule has 0 bridgehead atoms. The molecule has 92 valence electrons. The maximum Gasteiger partial charge on any atom is -0.0172 e. The zero-order chi connectivity index (χ0) is 12.5. The smallest absolute Gasteiger partial charge is 0.0172 e. The van der Waals surface area contributed by atoms with Gasteiger partial charge in [-0.1, -0.05) is 43.2 Å². The normalized spacial score (nSPS) is 9.31. The van der Waals surface area contributed by atoms with Crippen molar-refractivity contribution in [3.8, 4) is 0 Å². The van der Waals surface area contributed by atoms with Crippen molar-refractivity contribution in [3.05, 3.63) is 50.1 Å². The van der Waals surface area contributed by atoms with Gasteiger partial charge in [0.05, 0.1) is 0 Å². The second kappa shape index (κ2) is 19.5. The average Bonchev–Trinajstić information content (AvgIpc) is 2.32. The maximum atomic E-state index is 3.68.